The van der Waals surface area contributed by atoms with Crippen LogP contribution in [-0.4, -0.2) is 71.0 Å². The normalized spacial score (nSPS) is 15.7. The largest absolute Gasteiger partial charge is 0.457 e. The number of hydrogen-bond acceptors (Lipinski definition) is 8. The van der Waals surface area contributed by atoms with Crippen molar-refractivity contribution in [1.82, 2.24) is 10.2 Å². The second-order valence-electron chi connectivity index (χ2n) is 10.3. The van der Waals surface area contributed by atoms with Crippen LogP contribution in [0.4, 0.5) is 0 Å². The van der Waals surface area contributed by atoms with Gasteiger partial charge in [-0.05, 0) is 65.6 Å². The molecule has 0 aliphatic carbocycles. The summed E-state index contributed by atoms with van der Waals surface area (Å²) in [5, 5.41) is 12.5. The van der Waals surface area contributed by atoms with Crippen molar-refractivity contribution in [3.05, 3.63) is 11.8 Å². The van der Waals surface area contributed by atoms with E-state index in [-0.39, 0.29) is 41.9 Å². The van der Waals surface area contributed by atoms with Crippen molar-refractivity contribution in [3.63, 3.8) is 0 Å². The van der Waals surface area contributed by atoms with Gasteiger partial charge in [-0.2, -0.15) is 0 Å². The number of carbonyl (C=O) groups excluding carboxylic acids is 4. The number of cyclic esters (lactones) is 1. The molecule has 2 aliphatic heterocycles. The summed E-state index contributed by atoms with van der Waals surface area (Å²) in [7, 11) is 0. The van der Waals surface area contributed by atoms with Crippen molar-refractivity contribution >= 4 is 23.6 Å². The maximum Gasteiger partial charge on any atom is 0.314 e. The number of ether oxygens (including phenoxy) is 1. The van der Waals surface area contributed by atoms with Crippen LogP contribution in [0, 0.1) is 0 Å². The van der Waals surface area contributed by atoms with Gasteiger partial charge in [0.25, 0.3) is 0 Å². The summed E-state index contributed by atoms with van der Waals surface area (Å²) in [5.74, 6) is 0.732. The first-order valence-corrected chi connectivity index (χ1v) is 15.4. The quantitative estimate of drug-likeness (QED) is 0.132. The van der Waals surface area contributed by atoms with Gasteiger partial charge in [0.05, 0.1) is 6.42 Å². The molecule has 0 aromatic heterocycles. The molecule has 11 N–H and O–H groups in total. The molecular weight excluding hydrogens is 568 g/mol. The number of aliphatic hydroxyl groups is 1. The summed E-state index contributed by atoms with van der Waals surface area (Å²) >= 11 is 0. The number of amides is 2. The Kier molecular flexibility index (Phi) is 45.3. The van der Waals surface area contributed by atoms with Gasteiger partial charge in [-0.1, -0.05) is 60.8 Å². The first kappa shape index (κ1) is 54.1. The molecule has 0 bridgehead atoms. The number of unbranched alkanes of at least 4 members (excludes halogenated alkanes) is 4. The predicted molar refractivity (Wildman–Crippen MR) is 182 cm³/mol. The van der Waals surface area contributed by atoms with Crippen molar-refractivity contribution in [3.8, 4) is 0 Å². The molecule has 12 heteroatoms. The average Bonchev–Trinajstić information content (AvgIpc) is 3.43. The van der Waals surface area contributed by atoms with E-state index in [0.29, 0.717) is 38.6 Å². The molecular formula is C32H71N4O8+. The van der Waals surface area contributed by atoms with Gasteiger partial charge in [0.2, 0.25) is 11.8 Å². The number of allylic oxidation sites excluding steroid dienone is 1. The van der Waals surface area contributed by atoms with Crippen LogP contribution in [0.2, 0.25) is 0 Å². The van der Waals surface area contributed by atoms with Crippen LogP contribution < -0.4 is 16.8 Å². The summed E-state index contributed by atoms with van der Waals surface area (Å²) in [6.45, 7) is 16.5. The standard InChI is InChI=1S/2C9H17NO2.C5H6O2.2C4H11N.CH4.2H2O/c1-3-4-7-10-8(11)5-6-9(10,2)12;1-3-4-7-10-9(12)6-5-8(2)11;1-4-2-3-5(6)7-4;2*1-2-3-4-5;;;/h12H,3-7H2,1-2H3;3-7H2,1-2H3,(H,10,12);2H,3H2,1H3;2*2-5H2,1H3;1H4;2*1H2/p+1. The van der Waals surface area contributed by atoms with Gasteiger partial charge in [0.15, 0.2) is 0 Å². The van der Waals surface area contributed by atoms with E-state index < -0.39 is 5.72 Å². The minimum Gasteiger partial charge on any atom is -0.457 e. The van der Waals surface area contributed by atoms with Crippen LogP contribution in [-0.2, 0) is 29.4 Å². The highest BCUT2D eigenvalue weighted by molar-refractivity contribution is 5.83. The van der Waals surface area contributed by atoms with Gasteiger partial charge in [0, 0.05) is 38.8 Å². The molecule has 44 heavy (non-hydrogen) atoms. The molecule has 1 unspecified atom stereocenters. The summed E-state index contributed by atoms with van der Waals surface area (Å²) in [6, 6.07) is 0. The van der Waals surface area contributed by atoms with Crippen LogP contribution >= 0.6 is 0 Å². The minimum atomic E-state index is -0.883. The molecule has 2 rings (SSSR count). The van der Waals surface area contributed by atoms with E-state index in [9.17, 15) is 24.3 Å². The molecule has 0 saturated carbocycles. The van der Waals surface area contributed by atoms with Crippen LogP contribution in [0.5, 0.6) is 0 Å². The number of ketones is 1. The summed E-state index contributed by atoms with van der Waals surface area (Å²) in [4.78, 5) is 44.5. The Morgan fingerprint density at radius 3 is 1.75 bits per heavy atom. The number of nitrogens with two attached hydrogens (primary N) is 2. The number of nitrogens with one attached hydrogen (secondary N) is 1. The molecule has 12 nitrogen and oxygen atoms in total. The second-order valence-corrected chi connectivity index (χ2v) is 10.3. The third-order valence-corrected chi connectivity index (χ3v) is 5.93. The summed E-state index contributed by atoms with van der Waals surface area (Å²) < 4.78 is 4.58. The zero-order chi connectivity index (χ0) is 32.1. The molecule has 0 aromatic carbocycles. The molecule has 1 atom stereocenters. The Hall–Kier alpha value is -2.38. The van der Waals surface area contributed by atoms with Crippen molar-refractivity contribution in [2.45, 2.75) is 145 Å². The topological polar surface area (TPSA) is 230 Å². The van der Waals surface area contributed by atoms with Gasteiger partial charge in [-0.3, -0.25) is 14.4 Å². The van der Waals surface area contributed by atoms with Crippen LogP contribution in [0.25, 0.3) is 0 Å². The number of esters is 1. The molecule has 2 heterocycles. The van der Waals surface area contributed by atoms with E-state index in [1.54, 1.807) is 24.8 Å². The molecule has 1 fully saturated rings. The molecule has 1 saturated heterocycles. The summed E-state index contributed by atoms with van der Waals surface area (Å²) in [5.41, 5.74) is 9.40. The molecule has 0 radical (unpaired) electrons. The SMILES string of the molecule is C.CC1=CCC(=O)O1.CCCCN.CCCCN.CCCCN1C(=O)CCC1(C)O.CCCCNC(=O)CCC(C)=O.O.[OH3+]. The average molecular weight is 640 g/mol. The van der Waals surface area contributed by atoms with Crippen molar-refractivity contribution in [2.75, 3.05) is 26.2 Å². The van der Waals surface area contributed by atoms with E-state index in [1.165, 1.54) is 32.6 Å². The van der Waals surface area contributed by atoms with E-state index >= 15 is 0 Å². The number of rotatable bonds is 13. The van der Waals surface area contributed by atoms with Gasteiger partial charge in [-0.15, -0.1) is 0 Å². The minimum absolute atomic E-state index is 0. The van der Waals surface area contributed by atoms with E-state index in [1.807, 2.05) is 0 Å². The predicted octanol–water partition coefficient (Wildman–Crippen LogP) is 3.61. The first-order chi connectivity index (χ1) is 19.4. The first-order valence-electron chi connectivity index (χ1n) is 15.4. The third kappa shape index (κ3) is 35.8. The lowest BCUT2D eigenvalue weighted by molar-refractivity contribution is -0.142. The highest BCUT2D eigenvalue weighted by Crippen LogP contribution is 2.27. The Morgan fingerprint density at radius 2 is 1.48 bits per heavy atom. The lowest BCUT2D eigenvalue weighted by Crippen LogP contribution is -2.43. The zero-order valence-electron chi connectivity index (χ0n) is 28.3. The Bertz CT molecular complexity index is 721. The van der Waals surface area contributed by atoms with Crippen molar-refractivity contribution in [1.29, 1.82) is 0 Å². The van der Waals surface area contributed by atoms with Crippen LogP contribution in [0.1, 0.15) is 139 Å². The van der Waals surface area contributed by atoms with Crippen LogP contribution in [0.3, 0.4) is 0 Å². The Labute approximate surface area is 268 Å². The number of likely N-dealkylation sites (tertiary alicyclic amines) is 1. The molecule has 0 aromatic rings. The van der Waals surface area contributed by atoms with E-state index in [0.717, 1.165) is 51.1 Å². The number of nitrogens with zero attached hydrogens (tertiary/aromatic N) is 1. The smallest absolute Gasteiger partial charge is 0.314 e. The van der Waals surface area contributed by atoms with Crippen LogP contribution in [0.15, 0.2) is 11.8 Å². The number of hydrogen-bond donors (Lipinski definition) is 4. The van der Waals surface area contributed by atoms with Gasteiger partial charge >= 0.3 is 5.97 Å². The fraction of sp³-hybridized carbons (Fsp3) is 0.812. The van der Waals surface area contributed by atoms with Gasteiger partial charge in [0.1, 0.15) is 17.3 Å². The van der Waals surface area contributed by atoms with Crippen molar-refractivity contribution in [2.24, 2.45) is 11.5 Å². The monoisotopic (exact) mass is 640 g/mol. The molecule has 0 spiro atoms. The lowest BCUT2D eigenvalue weighted by Gasteiger charge is -2.29. The van der Waals surface area contributed by atoms with E-state index in [4.69, 9.17) is 11.5 Å². The zero-order valence-corrected chi connectivity index (χ0v) is 28.3. The maximum atomic E-state index is 11.3. The third-order valence-electron chi connectivity index (χ3n) is 5.93. The Morgan fingerprint density at radius 1 is 0.977 bits per heavy atom. The highest BCUT2D eigenvalue weighted by atomic mass is 16.5. The van der Waals surface area contributed by atoms with Crippen molar-refractivity contribution < 1.29 is 40.0 Å². The molecule has 2 amide bonds. The van der Waals surface area contributed by atoms with E-state index in [2.05, 4.69) is 37.7 Å². The van der Waals surface area contributed by atoms with Gasteiger partial charge < -0.3 is 47.3 Å². The Balaban J connectivity index is -0.000000106. The molecule has 266 valence electrons. The second kappa shape index (κ2) is 36.8. The fourth-order valence-corrected chi connectivity index (χ4v) is 3.24. The lowest BCUT2D eigenvalue weighted by atomic mass is 10.2. The van der Waals surface area contributed by atoms with Gasteiger partial charge in [-0.25, -0.2) is 0 Å². The number of Topliss-reactive ketones (excluding diaryl/α,β-unsaturated/α-hetero) is 1. The summed E-state index contributed by atoms with van der Waals surface area (Å²) in [6.07, 6.45) is 12.9. The highest BCUT2D eigenvalue weighted by Gasteiger charge is 2.38. The molecule has 2 aliphatic rings. The number of carbonyl (C=O) groups is 4. The maximum absolute atomic E-state index is 11.3. The fourth-order valence-electron chi connectivity index (χ4n) is 3.24.